The first-order valence-electron chi connectivity index (χ1n) is 12.2. The summed E-state index contributed by atoms with van der Waals surface area (Å²) in [7, 11) is 0. The number of carbonyl (C=O) groups is 1. The predicted molar refractivity (Wildman–Crippen MR) is 127 cm³/mol. The molecule has 1 saturated carbocycles. The minimum absolute atomic E-state index is 0.101. The predicted octanol–water partition coefficient (Wildman–Crippen LogP) is 5.48. The number of carboxylic acid groups (broad SMARTS) is 1. The molecular weight excluding hydrogens is 404 g/mol. The molecule has 1 heterocycles. The fraction of sp³-hybridized carbons (Fsp3) is 0.741. The second-order valence-electron chi connectivity index (χ2n) is 9.80. The van der Waals surface area contributed by atoms with E-state index in [-0.39, 0.29) is 36.3 Å². The van der Waals surface area contributed by atoms with E-state index in [2.05, 4.69) is 43.9 Å². The largest absolute Gasteiger partial charge is 0.481 e. The first-order valence-corrected chi connectivity index (χ1v) is 12.2. The van der Waals surface area contributed by atoms with Gasteiger partial charge in [0.15, 0.2) is 6.29 Å². The minimum Gasteiger partial charge on any atom is -0.481 e. The maximum Gasteiger partial charge on any atom is 0.303 e. The van der Waals surface area contributed by atoms with E-state index in [0.29, 0.717) is 12.3 Å². The molecule has 180 valence electrons. The van der Waals surface area contributed by atoms with Crippen LogP contribution in [0.1, 0.15) is 85.0 Å². The molecule has 2 rings (SSSR count). The van der Waals surface area contributed by atoms with Crippen molar-refractivity contribution in [2.24, 2.45) is 17.3 Å². The third-order valence-electron chi connectivity index (χ3n) is 6.64. The normalized spacial score (nSPS) is 27.5. The lowest BCUT2D eigenvalue weighted by molar-refractivity contribution is -0.196. The van der Waals surface area contributed by atoms with E-state index < -0.39 is 5.97 Å². The highest BCUT2D eigenvalue weighted by atomic mass is 16.7. The number of carboxylic acids is 1. The highest BCUT2D eigenvalue weighted by molar-refractivity contribution is 5.66. The Balaban J connectivity index is 2.00. The summed E-state index contributed by atoms with van der Waals surface area (Å²) in [5.74, 6) is 5.95. The molecule has 0 bridgehead atoms. The first kappa shape index (κ1) is 26.6. The van der Waals surface area contributed by atoms with E-state index in [1.54, 1.807) is 0 Å². The van der Waals surface area contributed by atoms with Gasteiger partial charge in [0.2, 0.25) is 0 Å². The Morgan fingerprint density at radius 1 is 1.25 bits per heavy atom. The number of unbranched alkanes of at least 4 members (excludes halogenated alkanes) is 1. The Bertz CT molecular complexity index is 678. The summed E-state index contributed by atoms with van der Waals surface area (Å²) in [6.45, 7) is 7.00. The SMILES string of the molecule is CC#CCC(C)(C)[C@@H](/C=C/[C@H]1CC[C@H](O)[C@@H]1C/C=C\CCCC(=O)O)OC1CCCCO1. The van der Waals surface area contributed by atoms with E-state index in [9.17, 15) is 9.90 Å². The van der Waals surface area contributed by atoms with Gasteiger partial charge in [0.05, 0.1) is 12.2 Å². The van der Waals surface area contributed by atoms with E-state index in [4.69, 9.17) is 14.6 Å². The summed E-state index contributed by atoms with van der Waals surface area (Å²) < 4.78 is 12.3. The second-order valence-corrected chi connectivity index (χ2v) is 9.80. The van der Waals surface area contributed by atoms with Crippen LogP contribution in [-0.2, 0) is 14.3 Å². The molecule has 1 saturated heterocycles. The van der Waals surface area contributed by atoms with Crippen LogP contribution in [0.4, 0.5) is 0 Å². The van der Waals surface area contributed by atoms with Gasteiger partial charge in [0.1, 0.15) is 0 Å². The number of rotatable bonds is 12. The molecule has 0 radical (unpaired) electrons. The van der Waals surface area contributed by atoms with Gasteiger partial charge in [-0.05, 0) is 70.1 Å². The van der Waals surface area contributed by atoms with Crippen LogP contribution in [0.3, 0.4) is 0 Å². The Hall–Kier alpha value is -1.61. The molecule has 0 aromatic carbocycles. The molecule has 1 aliphatic heterocycles. The van der Waals surface area contributed by atoms with Crippen LogP contribution in [0.5, 0.6) is 0 Å². The van der Waals surface area contributed by atoms with Gasteiger partial charge >= 0.3 is 5.97 Å². The molecular formula is C27H42O5. The van der Waals surface area contributed by atoms with Gasteiger partial charge in [0, 0.05) is 24.9 Å². The molecule has 0 aromatic heterocycles. The highest BCUT2D eigenvalue weighted by Gasteiger charge is 2.35. The number of aliphatic carboxylic acids is 1. The number of hydrogen-bond donors (Lipinski definition) is 2. The zero-order valence-electron chi connectivity index (χ0n) is 20.1. The Morgan fingerprint density at radius 3 is 2.75 bits per heavy atom. The maximum atomic E-state index is 10.6. The highest BCUT2D eigenvalue weighted by Crippen LogP contribution is 2.37. The van der Waals surface area contributed by atoms with Crippen molar-refractivity contribution in [1.29, 1.82) is 0 Å². The molecule has 5 heteroatoms. The second kappa shape index (κ2) is 13.8. The quantitative estimate of drug-likeness (QED) is 0.236. The number of ether oxygens (including phenoxy) is 2. The topological polar surface area (TPSA) is 76.0 Å². The van der Waals surface area contributed by atoms with Crippen molar-refractivity contribution in [3.8, 4) is 11.8 Å². The molecule has 0 amide bonds. The van der Waals surface area contributed by atoms with Gasteiger partial charge < -0.3 is 19.7 Å². The smallest absolute Gasteiger partial charge is 0.303 e. The van der Waals surface area contributed by atoms with Crippen LogP contribution in [0.25, 0.3) is 0 Å². The summed E-state index contributed by atoms with van der Waals surface area (Å²) in [6.07, 6.45) is 16.1. The van der Waals surface area contributed by atoms with Gasteiger partial charge in [0.25, 0.3) is 0 Å². The molecule has 5 atom stereocenters. The van der Waals surface area contributed by atoms with Crippen molar-refractivity contribution in [2.45, 2.75) is 103 Å². The zero-order valence-corrected chi connectivity index (χ0v) is 20.1. The molecule has 1 unspecified atom stereocenters. The van der Waals surface area contributed by atoms with Crippen LogP contribution in [0.2, 0.25) is 0 Å². The molecule has 1 aliphatic carbocycles. The number of aliphatic hydroxyl groups is 1. The van der Waals surface area contributed by atoms with Gasteiger partial charge in [-0.3, -0.25) is 4.79 Å². The van der Waals surface area contributed by atoms with Crippen molar-refractivity contribution in [1.82, 2.24) is 0 Å². The van der Waals surface area contributed by atoms with Crippen LogP contribution < -0.4 is 0 Å². The molecule has 2 aliphatic rings. The molecule has 2 fully saturated rings. The number of aliphatic hydroxyl groups excluding tert-OH is 1. The maximum absolute atomic E-state index is 10.6. The lowest BCUT2D eigenvalue weighted by Gasteiger charge is -2.35. The fourth-order valence-corrected chi connectivity index (χ4v) is 4.52. The lowest BCUT2D eigenvalue weighted by Crippen LogP contribution is -2.36. The van der Waals surface area contributed by atoms with E-state index in [1.165, 1.54) is 0 Å². The van der Waals surface area contributed by atoms with Crippen LogP contribution in [0, 0.1) is 29.1 Å². The summed E-state index contributed by atoms with van der Waals surface area (Å²) >= 11 is 0. The van der Waals surface area contributed by atoms with Crippen molar-refractivity contribution in [3.63, 3.8) is 0 Å². The van der Waals surface area contributed by atoms with E-state index in [1.807, 2.05) is 13.0 Å². The van der Waals surface area contributed by atoms with Crippen LogP contribution in [-0.4, -0.2) is 41.3 Å². The molecule has 32 heavy (non-hydrogen) atoms. The molecule has 2 N–H and O–H groups in total. The van der Waals surface area contributed by atoms with Gasteiger partial charge in [-0.15, -0.1) is 11.8 Å². The molecule has 5 nitrogen and oxygen atoms in total. The van der Waals surface area contributed by atoms with Gasteiger partial charge in [-0.2, -0.15) is 0 Å². The summed E-state index contributed by atoms with van der Waals surface area (Å²) in [5, 5.41) is 19.3. The number of allylic oxidation sites excluding steroid dienone is 3. The zero-order chi connectivity index (χ0) is 23.4. The van der Waals surface area contributed by atoms with Crippen LogP contribution >= 0.6 is 0 Å². The third kappa shape index (κ3) is 9.10. The third-order valence-corrected chi connectivity index (χ3v) is 6.64. The van der Waals surface area contributed by atoms with E-state index in [0.717, 1.165) is 58.0 Å². The van der Waals surface area contributed by atoms with Crippen molar-refractivity contribution >= 4 is 5.97 Å². The Kier molecular flexibility index (Phi) is 11.5. The summed E-state index contributed by atoms with van der Waals surface area (Å²) in [4.78, 5) is 10.6. The molecule has 0 spiro atoms. The fourth-order valence-electron chi connectivity index (χ4n) is 4.52. The first-order chi connectivity index (χ1) is 15.3. The minimum atomic E-state index is -0.752. The van der Waals surface area contributed by atoms with Crippen LogP contribution in [0.15, 0.2) is 24.3 Å². The Morgan fingerprint density at radius 2 is 2.06 bits per heavy atom. The average molecular weight is 447 g/mol. The van der Waals surface area contributed by atoms with Crippen molar-refractivity contribution < 1.29 is 24.5 Å². The van der Waals surface area contributed by atoms with Gasteiger partial charge in [-0.1, -0.05) is 38.2 Å². The number of hydrogen-bond acceptors (Lipinski definition) is 4. The summed E-state index contributed by atoms with van der Waals surface area (Å²) in [6, 6.07) is 0. The van der Waals surface area contributed by atoms with Crippen molar-refractivity contribution in [3.05, 3.63) is 24.3 Å². The average Bonchev–Trinajstić information content (AvgIpc) is 3.12. The lowest BCUT2D eigenvalue weighted by atomic mass is 9.81. The monoisotopic (exact) mass is 446 g/mol. The molecule has 0 aromatic rings. The standard InChI is InChI=1S/C27H42O5/c1-4-5-19-27(2,3)24(32-26-14-10-11-20-31-26)18-16-21-15-17-23(28)22(21)12-8-6-7-9-13-25(29)30/h6,8,16,18,21-24,26,28H,7,9-15,17,19-20H2,1-3H3,(H,29,30)/b8-6-,18-16+/t21-,22-,23+,24-,26?/m1/s1. The van der Waals surface area contributed by atoms with Crippen molar-refractivity contribution in [2.75, 3.05) is 6.61 Å². The summed E-state index contributed by atoms with van der Waals surface area (Å²) in [5.41, 5.74) is -0.142. The Labute approximate surface area is 194 Å². The van der Waals surface area contributed by atoms with E-state index >= 15 is 0 Å². The van der Waals surface area contributed by atoms with Gasteiger partial charge in [-0.25, -0.2) is 0 Å².